The Morgan fingerprint density at radius 1 is 1.32 bits per heavy atom. The summed E-state index contributed by atoms with van der Waals surface area (Å²) < 4.78 is 50.6. The average molecular weight is 402 g/mol. The monoisotopic (exact) mass is 402 g/mol. The quantitative estimate of drug-likeness (QED) is 0.500. The number of rotatable bonds is 8. The summed E-state index contributed by atoms with van der Waals surface area (Å²) in [5, 5.41) is 39.1. The van der Waals surface area contributed by atoms with Gasteiger partial charge >= 0.3 is 5.97 Å². The fourth-order valence-corrected chi connectivity index (χ4v) is 3.30. The van der Waals surface area contributed by atoms with Crippen LogP contribution in [0.5, 0.6) is 5.75 Å². The summed E-state index contributed by atoms with van der Waals surface area (Å²) in [7, 11) is 3.58. The van der Waals surface area contributed by atoms with Crippen LogP contribution in [0, 0.1) is 5.92 Å². The van der Waals surface area contributed by atoms with E-state index in [1.807, 2.05) is 4.90 Å². The molecule has 1 aromatic rings. The van der Waals surface area contributed by atoms with Crippen molar-refractivity contribution in [3.63, 3.8) is 0 Å². The Bertz CT molecular complexity index is 822. The lowest BCUT2D eigenvalue weighted by Gasteiger charge is -2.38. The highest BCUT2D eigenvalue weighted by Gasteiger charge is 2.48. The Labute approximate surface area is 172 Å². The van der Waals surface area contributed by atoms with Crippen LogP contribution in [0.25, 0.3) is 0 Å². The van der Waals surface area contributed by atoms with Crippen LogP contribution < -0.4 is 4.74 Å². The van der Waals surface area contributed by atoms with Crippen molar-refractivity contribution in [2.24, 2.45) is 5.92 Å². The normalized spacial score (nSPS) is 33.7. The maximum atomic E-state index is 11.3. The van der Waals surface area contributed by atoms with Crippen LogP contribution in [0.15, 0.2) is 24.3 Å². The Morgan fingerprint density at radius 3 is 2.64 bits per heavy atom. The van der Waals surface area contributed by atoms with Gasteiger partial charge in [0.2, 0.25) is 6.29 Å². The van der Waals surface area contributed by atoms with E-state index in [-0.39, 0.29) is 5.75 Å². The number of nitrogens with zero attached hydrogens (tertiary/aromatic N) is 1. The lowest BCUT2D eigenvalue weighted by Crippen LogP contribution is -2.61. The van der Waals surface area contributed by atoms with Crippen molar-refractivity contribution in [3.05, 3.63) is 29.8 Å². The number of aliphatic hydroxyl groups excluding tert-OH is 3. The molecule has 1 aromatic carbocycles. The second-order valence-electron chi connectivity index (χ2n) is 7.29. The lowest BCUT2D eigenvalue weighted by atomic mass is 9.85. The maximum absolute atomic E-state index is 11.3. The van der Waals surface area contributed by atoms with Gasteiger partial charge in [-0.2, -0.15) is 0 Å². The van der Waals surface area contributed by atoms with E-state index in [0.717, 1.165) is 0 Å². The van der Waals surface area contributed by atoms with Crippen molar-refractivity contribution < 1.29 is 41.5 Å². The first-order valence-electron chi connectivity index (χ1n) is 11.4. The molecule has 4 N–H and O–H groups in total. The van der Waals surface area contributed by atoms with E-state index < -0.39 is 61.7 Å². The minimum absolute atomic E-state index is 0.0349. The standard InChI is InChI=1S/C20H31NO7/c1-5-14(11(2)10-21(3)4)12-7-6-8-13(9-12)27-20-17(24)15(22)16(23)18(28-20)19(25)26/h6-9,11,14-18,20,22-24H,5,10H2,1-4H3,(H,25,26)/t11-,14+,15?,16?,17?,18?,20?/m1/s1/i1D3,5D2. The SMILES string of the molecule is [2H]C([2H])([2H])C([2H])([2H])[C@H](c1cccc(OC2OC(C(=O)O)C(O)C(O)C2O)c1)[C@H](C)CN(C)C. The Balaban J connectivity index is 2.39. The van der Waals surface area contributed by atoms with Gasteiger partial charge in [-0.1, -0.05) is 25.9 Å². The highest BCUT2D eigenvalue weighted by Crippen LogP contribution is 2.32. The molecule has 0 spiro atoms. The van der Waals surface area contributed by atoms with Crippen molar-refractivity contribution >= 4 is 5.97 Å². The van der Waals surface area contributed by atoms with E-state index in [0.29, 0.717) is 12.1 Å². The van der Waals surface area contributed by atoms with E-state index in [1.54, 1.807) is 27.1 Å². The second-order valence-corrected chi connectivity index (χ2v) is 7.29. The van der Waals surface area contributed by atoms with Crippen molar-refractivity contribution in [2.45, 2.75) is 56.8 Å². The molecule has 1 saturated heterocycles. The first-order valence-corrected chi connectivity index (χ1v) is 8.91. The minimum Gasteiger partial charge on any atom is -0.479 e. The van der Waals surface area contributed by atoms with Gasteiger partial charge in [-0.25, -0.2) is 4.79 Å². The molecule has 8 heteroatoms. The highest BCUT2D eigenvalue weighted by molar-refractivity contribution is 5.73. The number of hydrogen-bond acceptors (Lipinski definition) is 7. The summed E-state index contributed by atoms with van der Waals surface area (Å²) in [5.74, 6) is -3.00. The molecule has 5 unspecified atom stereocenters. The van der Waals surface area contributed by atoms with E-state index in [4.69, 9.17) is 16.3 Å². The molecule has 1 heterocycles. The predicted molar refractivity (Wildman–Crippen MR) is 102 cm³/mol. The number of aliphatic carboxylic acids is 1. The van der Waals surface area contributed by atoms with Gasteiger partial charge in [0.05, 0.1) is 0 Å². The Morgan fingerprint density at radius 2 is 2.04 bits per heavy atom. The summed E-state index contributed by atoms with van der Waals surface area (Å²) in [5.41, 5.74) is 0.323. The molecule has 1 aliphatic heterocycles. The van der Waals surface area contributed by atoms with Crippen LogP contribution >= 0.6 is 0 Å². The molecule has 1 fully saturated rings. The molecule has 0 amide bonds. The molecule has 0 aliphatic carbocycles. The molecule has 0 saturated carbocycles. The van der Waals surface area contributed by atoms with E-state index >= 15 is 0 Å². The molecule has 158 valence electrons. The number of aliphatic hydroxyl groups is 3. The number of carbonyl (C=O) groups is 1. The minimum atomic E-state index is -2.91. The first-order chi connectivity index (χ1) is 15.1. The molecule has 0 bridgehead atoms. The Kier molecular flexibility index (Phi) is 5.57. The van der Waals surface area contributed by atoms with Gasteiger partial charge in [-0.3, -0.25) is 0 Å². The molecule has 28 heavy (non-hydrogen) atoms. The van der Waals surface area contributed by atoms with Crippen LogP contribution in [0.2, 0.25) is 0 Å². The second kappa shape index (κ2) is 9.67. The maximum Gasteiger partial charge on any atom is 0.335 e. The molecule has 2 rings (SSSR count). The van der Waals surface area contributed by atoms with Crippen LogP contribution in [-0.4, -0.2) is 82.6 Å². The zero-order valence-electron chi connectivity index (χ0n) is 21.0. The van der Waals surface area contributed by atoms with Crippen molar-refractivity contribution in [1.29, 1.82) is 0 Å². The zero-order chi connectivity index (χ0) is 25.3. The lowest BCUT2D eigenvalue weighted by molar-refractivity contribution is -0.271. The van der Waals surface area contributed by atoms with Gasteiger partial charge in [0.25, 0.3) is 0 Å². The topological polar surface area (TPSA) is 120 Å². The summed E-state index contributed by atoms with van der Waals surface area (Å²) in [4.78, 5) is 13.1. The van der Waals surface area contributed by atoms with Gasteiger partial charge in [-0.15, -0.1) is 0 Å². The van der Waals surface area contributed by atoms with Crippen LogP contribution in [0.1, 0.15) is 38.5 Å². The average Bonchev–Trinajstić information content (AvgIpc) is 2.67. The number of carboxylic acids is 1. The zero-order valence-corrected chi connectivity index (χ0v) is 16.0. The molecule has 0 aromatic heterocycles. The fraction of sp³-hybridized carbons (Fsp3) is 0.650. The highest BCUT2D eigenvalue weighted by atomic mass is 16.7. The fourth-order valence-electron chi connectivity index (χ4n) is 3.30. The summed E-state index contributed by atoms with van der Waals surface area (Å²) in [6.07, 6.45) is -11.5. The summed E-state index contributed by atoms with van der Waals surface area (Å²) >= 11 is 0. The molecule has 1 aliphatic rings. The number of carboxylic acid groups (broad SMARTS) is 1. The molecule has 8 nitrogen and oxygen atoms in total. The van der Waals surface area contributed by atoms with Crippen LogP contribution in [-0.2, 0) is 9.53 Å². The molecule has 7 atom stereocenters. The van der Waals surface area contributed by atoms with Gasteiger partial charge < -0.3 is 34.8 Å². The number of hydrogen-bond donors (Lipinski definition) is 4. The summed E-state index contributed by atoms with van der Waals surface area (Å²) in [6, 6.07) is 5.89. The number of ether oxygens (including phenoxy) is 2. The van der Waals surface area contributed by atoms with E-state index in [9.17, 15) is 25.2 Å². The third-order valence-electron chi connectivity index (χ3n) is 4.66. The molecular weight excluding hydrogens is 366 g/mol. The molecule has 0 radical (unpaired) electrons. The Hall–Kier alpha value is -1.71. The van der Waals surface area contributed by atoms with Crippen molar-refractivity contribution in [2.75, 3.05) is 20.6 Å². The van der Waals surface area contributed by atoms with Crippen molar-refractivity contribution in [1.82, 2.24) is 4.90 Å². The number of benzene rings is 1. The van der Waals surface area contributed by atoms with Gasteiger partial charge in [0.1, 0.15) is 24.1 Å². The predicted octanol–water partition coefficient (Wildman–Crippen LogP) is 0.649. The smallest absolute Gasteiger partial charge is 0.335 e. The first kappa shape index (κ1) is 16.1. The molecular formula is C20H31NO7. The third-order valence-corrected chi connectivity index (χ3v) is 4.66. The van der Waals surface area contributed by atoms with Gasteiger partial charge in [0, 0.05) is 13.4 Å². The van der Waals surface area contributed by atoms with Crippen molar-refractivity contribution in [3.8, 4) is 5.75 Å². The van der Waals surface area contributed by atoms with E-state index in [2.05, 4.69) is 0 Å². The summed E-state index contributed by atoms with van der Waals surface area (Å²) in [6.45, 7) is -0.766. The largest absolute Gasteiger partial charge is 0.479 e. The van der Waals surface area contributed by atoms with E-state index in [1.165, 1.54) is 18.2 Å². The van der Waals surface area contributed by atoms with Crippen LogP contribution in [0.3, 0.4) is 0 Å². The third kappa shape index (κ3) is 5.21. The van der Waals surface area contributed by atoms with Gasteiger partial charge in [-0.05, 0) is 50.0 Å². The van der Waals surface area contributed by atoms with Gasteiger partial charge in [0.15, 0.2) is 6.10 Å². The van der Waals surface area contributed by atoms with Crippen LogP contribution in [0.4, 0.5) is 0 Å².